The zero-order valence-corrected chi connectivity index (χ0v) is 12.6. The van der Waals surface area contributed by atoms with Gasteiger partial charge in [-0.1, -0.05) is 12.8 Å². The maximum absolute atomic E-state index is 12.4. The molecule has 6 nitrogen and oxygen atoms in total. The Morgan fingerprint density at radius 1 is 1.43 bits per heavy atom. The highest BCUT2D eigenvalue weighted by Gasteiger charge is 2.36. The van der Waals surface area contributed by atoms with Gasteiger partial charge in [0.15, 0.2) is 0 Å². The molecular formula is C15H23N3O3. The molecular weight excluding hydrogens is 270 g/mol. The molecule has 0 bridgehead atoms. The van der Waals surface area contributed by atoms with Crippen LogP contribution >= 0.6 is 0 Å². The molecule has 0 spiro atoms. The van der Waals surface area contributed by atoms with E-state index in [9.17, 15) is 14.7 Å². The Morgan fingerprint density at radius 3 is 2.71 bits per heavy atom. The number of hydrogen-bond acceptors (Lipinski definition) is 3. The summed E-state index contributed by atoms with van der Waals surface area (Å²) in [6.45, 7) is 4.63. The third-order valence-corrected chi connectivity index (χ3v) is 4.27. The minimum absolute atomic E-state index is 0.154. The van der Waals surface area contributed by atoms with E-state index >= 15 is 0 Å². The van der Waals surface area contributed by atoms with Crippen molar-refractivity contribution in [3.05, 3.63) is 18.0 Å². The first kappa shape index (κ1) is 15.5. The Kier molecular flexibility index (Phi) is 4.98. The highest BCUT2D eigenvalue weighted by atomic mass is 16.4. The van der Waals surface area contributed by atoms with Crippen LogP contribution in [0.25, 0.3) is 0 Å². The third-order valence-electron chi connectivity index (χ3n) is 4.27. The standard InChI is InChI=1S/C15H23N3O3/c1-3-18-13(8-9-16-18)10(2)17-14(19)11-6-4-5-7-12(11)15(20)21/h8-12H,3-7H2,1-2H3,(H,17,19)(H,20,21)/t10-,11+,12+/m0/s1. The molecule has 1 amide bonds. The lowest BCUT2D eigenvalue weighted by Gasteiger charge is -2.28. The molecule has 1 fully saturated rings. The van der Waals surface area contributed by atoms with Crippen molar-refractivity contribution in [1.29, 1.82) is 0 Å². The molecule has 3 atom stereocenters. The summed E-state index contributed by atoms with van der Waals surface area (Å²) in [5.41, 5.74) is 0.938. The van der Waals surface area contributed by atoms with Gasteiger partial charge in [-0.05, 0) is 32.8 Å². The average molecular weight is 293 g/mol. The summed E-state index contributed by atoms with van der Waals surface area (Å²) in [5.74, 6) is -1.99. The van der Waals surface area contributed by atoms with Crippen molar-refractivity contribution in [2.24, 2.45) is 11.8 Å². The molecule has 0 saturated heterocycles. The van der Waals surface area contributed by atoms with Gasteiger partial charge >= 0.3 is 5.97 Å². The number of carbonyl (C=O) groups is 2. The lowest BCUT2D eigenvalue weighted by molar-refractivity contribution is -0.149. The summed E-state index contributed by atoms with van der Waals surface area (Å²) in [6, 6.07) is 1.71. The first-order valence-corrected chi connectivity index (χ1v) is 7.59. The van der Waals surface area contributed by atoms with Crippen LogP contribution in [-0.2, 0) is 16.1 Å². The second-order valence-corrected chi connectivity index (χ2v) is 5.64. The molecule has 1 aliphatic rings. The van der Waals surface area contributed by atoms with Gasteiger partial charge in [0.25, 0.3) is 0 Å². The number of carbonyl (C=O) groups excluding carboxylic acids is 1. The summed E-state index contributed by atoms with van der Waals surface area (Å²) < 4.78 is 1.83. The molecule has 1 aromatic heterocycles. The number of rotatable bonds is 5. The second-order valence-electron chi connectivity index (χ2n) is 5.64. The quantitative estimate of drug-likeness (QED) is 0.869. The van der Waals surface area contributed by atoms with Gasteiger partial charge in [0.05, 0.1) is 23.6 Å². The number of nitrogens with zero attached hydrogens (tertiary/aromatic N) is 2. The van der Waals surface area contributed by atoms with Crippen molar-refractivity contribution in [1.82, 2.24) is 15.1 Å². The number of hydrogen-bond donors (Lipinski definition) is 2. The molecule has 0 radical (unpaired) electrons. The van der Waals surface area contributed by atoms with Gasteiger partial charge in [0, 0.05) is 12.7 Å². The first-order chi connectivity index (χ1) is 10.0. The van der Waals surface area contributed by atoms with Crippen LogP contribution in [0.3, 0.4) is 0 Å². The predicted octanol–water partition coefficient (Wildman–Crippen LogP) is 1.97. The van der Waals surface area contributed by atoms with Crippen molar-refractivity contribution in [3.8, 4) is 0 Å². The van der Waals surface area contributed by atoms with Crippen molar-refractivity contribution in [2.75, 3.05) is 0 Å². The van der Waals surface area contributed by atoms with Crippen LogP contribution in [-0.4, -0.2) is 26.8 Å². The second kappa shape index (κ2) is 6.74. The highest BCUT2D eigenvalue weighted by Crippen LogP contribution is 2.31. The molecule has 21 heavy (non-hydrogen) atoms. The topological polar surface area (TPSA) is 84.2 Å². The zero-order chi connectivity index (χ0) is 15.4. The van der Waals surface area contributed by atoms with Crippen LogP contribution in [0.1, 0.15) is 51.3 Å². The van der Waals surface area contributed by atoms with E-state index in [1.54, 1.807) is 6.20 Å². The fourth-order valence-electron chi connectivity index (χ4n) is 3.11. The van der Waals surface area contributed by atoms with E-state index in [0.717, 1.165) is 25.1 Å². The molecule has 6 heteroatoms. The van der Waals surface area contributed by atoms with Crippen molar-refractivity contribution >= 4 is 11.9 Å². The molecule has 0 aromatic carbocycles. The van der Waals surface area contributed by atoms with Crippen LogP contribution in [0.5, 0.6) is 0 Å². The van der Waals surface area contributed by atoms with E-state index in [-0.39, 0.29) is 11.9 Å². The molecule has 1 saturated carbocycles. The largest absolute Gasteiger partial charge is 0.481 e. The number of nitrogens with one attached hydrogen (secondary N) is 1. The van der Waals surface area contributed by atoms with Crippen LogP contribution in [0, 0.1) is 11.8 Å². The Balaban J connectivity index is 2.04. The highest BCUT2D eigenvalue weighted by molar-refractivity contribution is 5.85. The number of aliphatic carboxylic acids is 1. The fraction of sp³-hybridized carbons (Fsp3) is 0.667. The third kappa shape index (κ3) is 3.43. The molecule has 1 aromatic rings. The van der Waals surface area contributed by atoms with Crippen molar-refractivity contribution in [2.45, 2.75) is 52.1 Å². The number of aryl methyl sites for hydroxylation is 1. The Labute approximate surface area is 124 Å². The van der Waals surface area contributed by atoms with Gasteiger partial charge in [-0.25, -0.2) is 0 Å². The zero-order valence-electron chi connectivity index (χ0n) is 12.6. The molecule has 1 aliphatic carbocycles. The van der Waals surface area contributed by atoms with Crippen molar-refractivity contribution in [3.63, 3.8) is 0 Å². The van der Waals surface area contributed by atoms with Crippen LogP contribution in [0.4, 0.5) is 0 Å². The Morgan fingerprint density at radius 2 is 2.10 bits per heavy atom. The van der Waals surface area contributed by atoms with E-state index in [1.165, 1.54) is 0 Å². The van der Waals surface area contributed by atoms with E-state index in [2.05, 4.69) is 10.4 Å². The van der Waals surface area contributed by atoms with Crippen LogP contribution in [0.15, 0.2) is 12.3 Å². The average Bonchev–Trinajstić information content (AvgIpc) is 2.95. The van der Waals surface area contributed by atoms with Crippen LogP contribution < -0.4 is 5.32 Å². The van der Waals surface area contributed by atoms with Gasteiger partial charge in [-0.3, -0.25) is 14.3 Å². The van der Waals surface area contributed by atoms with Gasteiger partial charge in [-0.2, -0.15) is 5.10 Å². The maximum atomic E-state index is 12.4. The van der Waals surface area contributed by atoms with E-state index in [0.29, 0.717) is 12.8 Å². The first-order valence-electron chi connectivity index (χ1n) is 7.59. The summed E-state index contributed by atoms with van der Waals surface area (Å²) in [5, 5.41) is 16.4. The SMILES string of the molecule is CCn1nccc1[C@H](C)NC(=O)[C@@H]1CCCC[C@H]1C(=O)O. The Hall–Kier alpha value is -1.85. The fourth-order valence-corrected chi connectivity index (χ4v) is 3.11. The minimum atomic E-state index is -0.860. The summed E-state index contributed by atoms with van der Waals surface area (Å²) >= 11 is 0. The molecule has 0 unspecified atom stereocenters. The predicted molar refractivity (Wildman–Crippen MR) is 77.5 cm³/mol. The van der Waals surface area contributed by atoms with Gasteiger partial charge in [-0.15, -0.1) is 0 Å². The van der Waals surface area contributed by atoms with E-state index < -0.39 is 17.8 Å². The maximum Gasteiger partial charge on any atom is 0.307 e. The smallest absolute Gasteiger partial charge is 0.307 e. The summed E-state index contributed by atoms with van der Waals surface area (Å²) in [4.78, 5) is 23.7. The van der Waals surface area contributed by atoms with E-state index in [1.807, 2.05) is 24.6 Å². The Bertz CT molecular complexity index is 512. The normalized spacial score (nSPS) is 23.5. The number of aromatic nitrogens is 2. The molecule has 2 N–H and O–H groups in total. The lowest BCUT2D eigenvalue weighted by Crippen LogP contribution is -2.41. The lowest BCUT2D eigenvalue weighted by atomic mass is 9.78. The number of amides is 1. The van der Waals surface area contributed by atoms with Crippen molar-refractivity contribution < 1.29 is 14.7 Å². The van der Waals surface area contributed by atoms with Gasteiger partial charge < -0.3 is 10.4 Å². The molecule has 2 rings (SSSR count). The monoisotopic (exact) mass is 293 g/mol. The van der Waals surface area contributed by atoms with Gasteiger partial charge in [0.1, 0.15) is 0 Å². The molecule has 116 valence electrons. The molecule has 0 aliphatic heterocycles. The minimum Gasteiger partial charge on any atom is -0.481 e. The van der Waals surface area contributed by atoms with E-state index in [4.69, 9.17) is 0 Å². The van der Waals surface area contributed by atoms with Crippen LogP contribution in [0.2, 0.25) is 0 Å². The van der Waals surface area contributed by atoms with Gasteiger partial charge in [0.2, 0.25) is 5.91 Å². The number of carboxylic acid groups (broad SMARTS) is 1. The molecule has 1 heterocycles. The summed E-state index contributed by atoms with van der Waals surface area (Å²) in [6.07, 6.45) is 4.77. The number of carboxylic acids is 1. The summed E-state index contributed by atoms with van der Waals surface area (Å²) in [7, 11) is 0.